The molecule has 3 aliphatic rings. The highest BCUT2D eigenvalue weighted by Gasteiger charge is 2.36. The van der Waals surface area contributed by atoms with Gasteiger partial charge in [0.05, 0.1) is 12.8 Å². The van der Waals surface area contributed by atoms with E-state index in [0.717, 1.165) is 42.8 Å². The average molecular weight is 363 g/mol. The van der Waals surface area contributed by atoms with E-state index in [1.54, 1.807) is 7.11 Å². The third kappa shape index (κ3) is 3.57. The first kappa shape index (κ1) is 17.7. The van der Waals surface area contributed by atoms with Crippen LogP contribution in [0.5, 0.6) is 11.5 Å². The van der Waals surface area contributed by atoms with Crippen molar-refractivity contribution in [1.29, 1.82) is 0 Å². The van der Waals surface area contributed by atoms with Crippen LogP contribution in [0, 0.1) is 12.8 Å². The number of rotatable bonds is 5. The largest absolute Gasteiger partial charge is 0.493 e. The highest BCUT2D eigenvalue weighted by atomic mass is 16.5. The van der Waals surface area contributed by atoms with Crippen LogP contribution in [-0.2, 0) is 11.4 Å². The summed E-state index contributed by atoms with van der Waals surface area (Å²) in [6, 6.07) is 14.1. The van der Waals surface area contributed by atoms with Crippen molar-refractivity contribution >= 4 is 11.9 Å². The number of hydrogen-bond donors (Lipinski definition) is 0. The number of aryl methyl sites for hydroxylation is 1. The van der Waals surface area contributed by atoms with Gasteiger partial charge in [-0.15, -0.1) is 0 Å². The van der Waals surface area contributed by atoms with Crippen LogP contribution in [-0.4, -0.2) is 30.9 Å². The van der Waals surface area contributed by atoms with E-state index in [2.05, 4.69) is 30.0 Å². The molecule has 3 aliphatic heterocycles. The van der Waals surface area contributed by atoms with E-state index in [1.165, 1.54) is 5.56 Å². The molecule has 0 saturated carbocycles. The molecule has 0 amide bonds. The summed E-state index contributed by atoms with van der Waals surface area (Å²) in [5.41, 5.74) is 4.01. The van der Waals surface area contributed by atoms with E-state index in [1.807, 2.05) is 30.3 Å². The normalized spacial score (nSPS) is 18.2. The van der Waals surface area contributed by atoms with Crippen LogP contribution in [0.4, 0.5) is 0 Å². The quantitative estimate of drug-likeness (QED) is 0.746. The molecule has 3 fully saturated rings. The van der Waals surface area contributed by atoms with Crippen LogP contribution in [0.2, 0.25) is 0 Å². The third-order valence-electron chi connectivity index (χ3n) is 5.45. The lowest BCUT2D eigenvalue weighted by molar-refractivity contribution is -0.125. The number of carbonyl (C=O) groups is 1. The van der Waals surface area contributed by atoms with Gasteiger partial charge in [-0.25, -0.2) is 0 Å². The maximum absolute atomic E-state index is 12.7. The maximum atomic E-state index is 12.7. The number of allylic oxidation sites excluding steroid dienone is 1. The summed E-state index contributed by atoms with van der Waals surface area (Å²) in [4.78, 5) is 14.9. The number of Topliss-reactive ketones (excluding diaryl/α,β-unsaturated/α-hetero) is 1. The van der Waals surface area contributed by atoms with Crippen LogP contribution < -0.4 is 9.47 Å². The molecule has 2 aromatic carbocycles. The molecule has 0 aromatic heterocycles. The van der Waals surface area contributed by atoms with Crippen LogP contribution in [0.3, 0.4) is 0 Å². The summed E-state index contributed by atoms with van der Waals surface area (Å²) in [7, 11) is 1.64. The van der Waals surface area contributed by atoms with Crippen molar-refractivity contribution in [2.75, 3.05) is 20.2 Å². The van der Waals surface area contributed by atoms with Crippen LogP contribution in [0.15, 0.2) is 48.2 Å². The second-order valence-corrected chi connectivity index (χ2v) is 7.31. The number of benzene rings is 2. The lowest BCUT2D eigenvalue weighted by atomic mass is 9.84. The monoisotopic (exact) mass is 363 g/mol. The standard InChI is InChI=1S/C23H25NO3/c1-16-5-3-6-17(13-16)15-27-23-19(7-4-8-21(23)26-2)14-20-22(25)18-9-11-24(20)12-10-18/h3-8,13-14,18H,9-12,15H2,1-2H3/b20-14-. The lowest BCUT2D eigenvalue weighted by Gasteiger charge is -2.41. The molecule has 0 spiro atoms. The minimum Gasteiger partial charge on any atom is -0.493 e. The number of para-hydroxylation sites is 1. The summed E-state index contributed by atoms with van der Waals surface area (Å²) in [6.07, 6.45) is 3.93. The summed E-state index contributed by atoms with van der Waals surface area (Å²) in [6.45, 7) is 4.45. The van der Waals surface area contributed by atoms with Gasteiger partial charge in [0.2, 0.25) is 0 Å². The van der Waals surface area contributed by atoms with Crippen molar-refractivity contribution in [2.45, 2.75) is 26.4 Å². The minimum absolute atomic E-state index is 0.184. The molecule has 3 saturated heterocycles. The number of ether oxygens (including phenoxy) is 2. The van der Waals surface area contributed by atoms with E-state index < -0.39 is 0 Å². The molecule has 140 valence electrons. The highest BCUT2D eigenvalue weighted by Crippen LogP contribution is 2.37. The Kier molecular flexibility index (Phi) is 4.88. The zero-order chi connectivity index (χ0) is 18.8. The van der Waals surface area contributed by atoms with E-state index >= 15 is 0 Å². The number of fused-ring (bicyclic) bond motifs is 3. The predicted molar refractivity (Wildman–Crippen MR) is 106 cm³/mol. The molecule has 0 aliphatic carbocycles. The van der Waals surface area contributed by atoms with Crippen molar-refractivity contribution in [1.82, 2.24) is 4.90 Å². The Labute approximate surface area is 160 Å². The molecule has 0 atom stereocenters. The molecule has 27 heavy (non-hydrogen) atoms. The molecule has 0 unspecified atom stereocenters. The first-order chi connectivity index (χ1) is 13.2. The van der Waals surface area contributed by atoms with E-state index in [9.17, 15) is 4.79 Å². The van der Waals surface area contributed by atoms with Crippen molar-refractivity contribution in [3.05, 3.63) is 64.9 Å². The van der Waals surface area contributed by atoms with Gasteiger partial charge in [-0.1, -0.05) is 42.0 Å². The number of piperidine rings is 3. The van der Waals surface area contributed by atoms with Gasteiger partial charge in [-0.05, 0) is 37.5 Å². The van der Waals surface area contributed by atoms with Gasteiger partial charge in [0.1, 0.15) is 6.61 Å². The van der Waals surface area contributed by atoms with Gasteiger partial charge in [0, 0.05) is 24.6 Å². The molecule has 2 bridgehead atoms. The molecule has 3 heterocycles. The molecule has 0 N–H and O–H groups in total. The second-order valence-electron chi connectivity index (χ2n) is 7.31. The molecular weight excluding hydrogens is 338 g/mol. The Morgan fingerprint density at radius 1 is 1.15 bits per heavy atom. The molecule has 5 rings (SSSR count). The van der Waals surface area contributed by atoms with Crippen LogP contribution >= 0.6 is 0 Å². The lowest BCUT2D eigenvalue weighted by Crippen LogP contribution is -2.45. The summed E-state index contributed by atoms with van der Waals surface area (Å²) in [5.74, 6) is 1.81. The number of nitrogens with zero attached hydrogens (tertiary/aromatic N) is 1. The van der Waals surface area contributed by atoms with Gasteiger partial charge < -0.3 is 14.4 Å². The average Bonchev–Trinajstić information content (AvgIpc) is 2.69. The maximum Gasteiger partial charge on any atom is 0.182 e. The van der Waals surface area contributed by atoms with Crippen LogP contribution in [0.25, 0.3) is 6.08 Å². The number of hydrogen-bond acceptors (Lipinski definition) is 4. The number of ketones is 1. The zero-order valence-electron chi connectivity index (χ0n) is 15.9. The van der Waals surface area contributed by atoms with Gasteiger partial charge in [0.15, 0.2) is 17.3 Å². The first-order valence-electron chi connectivity index (χ1n) is 9.52. The van der Waals surface area contributed by atoms with Gasteiger partial charge in [-0.2, -0.15) is 0 Å². The van der Waals surface area contributed by atoms with Crippen LogP contribution in [0.1, 0.15) is 29.5 Å². The van der Waals surface area contributed by atoms with Crippen molar-refractivity contribution in [3.8, 4) is 11.5 Å². The van der Waals surface area contributed by atoms with E-state index in [4.69, 9.17) is 9.47 Å². The van der Waals surface area contributed by atoms with E-state index in [-0.39, 0.29) is 11.7 Å². The first-order valence-corrected chi connectivity index (χ1v) is 9.52. The second kappa shape index (κ2) is 7.47. The highest BCUT2D eigenvalue weighted by molar-refractivity contribution is 6.02. The topological polar surface area (TPSA) is 38.8 Å². The Balaban J connectivity index is 1.65. The number of methoxy groups -OCH3 is 1. The minimum atomic E-state index is 0.184. The molecular formula is C23H25NO3. The van der Waals surface area contributed by atoms with Gasteiger partial charge in [0.25, 0.3) is 0 Å². The van der Waals surface area contributed by atoms with Crippen molar-refractivity contribution in [2.24, 2.45) is 5.92 Å². The summed E-state index contributed by atoms with van der Waals surface area (Å²) < 4.78 is 11.7. The Morgan fingerprint density at radius 2 is 1.93 bits per heavy atom. The Morgan fingerprint density at radius 3 is 2.63 bits per heavy atom. The molecule has 0 radical (unpaired) electrons. The van der Waals surface area contributed by atoms with Crippen molar-refractivity contribution < 1.29 is 14.3 Å². The predicted octanol–water partition coefficient (Wildman–Crippen LogP) is 4.22. The SMILES string of the molecule is COc1cccc(/C=C2/C(=O)C3CCN2CC3)c1OCc1cccc(C)c1. The fourth-order valence-electron chi connectivity index (χ4n) is 3.98. The summed E-state index contributed by atoms with van der Waals surface area (Å²) >= 11 is 0. The van der Waals surface area contributed by atoms with E-state index in [0.29, 0.717) is 18.1 Å². The molecule has 2 aromatic rings. The zero-order valence-corrected chi connectivity index (χ0v) is 15.9. The molecule has 4 heteroatoms. The number of carbonyl (C=O) groups excluding carboxylic acids is 1. The molecule has 4 nitrogen and oxygen atoms in total. The fraction of sp³-hybridized carbons (Fsp3) is 0.348. The van der Waals surface area contributed by atoms with Crippen molar-refractivity contribution in [3.63, 3.8) is 0 Å². The Bertz CT molecular complexity index is 879. The van der Waals surface area contributed by atoms with Gasteiger partial charge in [-0.3, -0.25) is 4.79 Å². The fourth-order valence-corrected chi connectivity index (χ4v) is 3.98. The van der Waals surface area contributed by atoms with Gasteiger partial charge >= 0.3 is 0 Å². The third-order valence-corrected chi connectivity index (χ3v) is 5.45. The smallest absolute Gasteiger partial charge is 0.182 e. The summed E-state index contributed by atoms with van der Waals surface area (Å²) in [5, 5.41) is 0. The Hall–Kier alpha value is -2.75.